The second-order valence-corrected chi connectivity index (χ2v) is 3.66. The van der Waals surface area contributed by atoms with Crippen molar-refractivity contribution in [3.05, 3.63) is 40.7 Å². The number of hydrogen-bond acceptors (Lipinski definition) is 1. The summed E-state index contributed by atoms with van der Waals surface area (Å²) in [4.78, 5) is 11.3. The number of halogens is 2. The SMILES string of the molecule is CC(C)=C(F)C(=O)Nc1ccccc1Cl. The van der Waals surface area contributed by atoms with Crippen LogP contribution in [0.5, 0.6) is 0 Å². The summed E-state index contributed by atoms with van der Waals surface area (Å²) >= 11 is 5.80. The average Bonchev–Trinajstić information content (AvgIpc) is 2.20. The Labute approximate surface area is 92.7 Å². The average molecular weight is 228 g/mol. The normalized spacial score (nSPS) is 9.60. The number of para-hydroxylation sites is 1. The van der Waals surface area contributed by atoms with E-state index in [1.54, 1.807) is 24.3 Å². The fourth-order valence-corrected chi connectivity index (χ4v) is 1.15. The Bertz CT molecular complexity index is 411. The Balaban J connectivity index is 2.85. The molecule has 0 aliphatic rings. The van der Waals surface area contributed by atoms with Crippen LogP contribution < -0.4 is 5.32 Å². The first-order valence-corrected chi connectivity index (χ1v) is 4.79. The molecule has 2 nitrogen and oxygen atoms in total. The molecule has 0 fully saturated rings. The zero-order valence-corrected chi connectivity index (χ0v) is 9.23. The Morgan fingerprint density at radius 3 is 2.47 bits per heavy atom. The monoisotopic (exact) mass is 227 g/mol. The van der Waals surface area contributed by atoms with Gasteiger partial charge in [0.05, 0.1) is 10.7 Å². The van der Waals surface area contributed by atoms with Gasteiger partial charge < -0.3 is 5.32 Å². The summed E-state index contributed by atoms with van der Waals surface area (Å²) in [6.07, 6.45) is 0. The number of benzene rings is 1. The van der Waals surface area contributed by atoms with Gasteiger partial charge in [-0.1, -0.05) is 23.7 Å². The van der Waals surface area contributed by atoms with E-state index in [0.717, 1.165) is 0 Å². The molecule has 0 aliphatic heterocycles. The van der Waals surface area contributed by atoms with Crippen LogP contribution in [0.15, 0.2) is 35.7 Å². The Hall–Kier alpha value is -1.35. The first-order valence-electron chi connectivity index (χ1n) is 4.41. The van der Waals surface area contributed by atoms with Crippen LogP contribution in [0, 0.1) is 0 Å². The van der Waals surface area contributed by atoms with Gasteiger partial charge in [0.2, 0.25) is 0 Å². The van der Waals surface area contributed by atoms with Gasteiger partial charge in [-0.2, -0.15) is 0 Å². The fraction of sp³-hybridized carbons (Fsp3) is 0.182. The maximum absolute atomic E-state index is 13.2. The van der Waals surface area contributed by atoms with Crippen LogP contribution in [0.2, 0.25) is 5.02 Å². The number of carbonyl (C=O) groups excluding carboxylic acids is 1. The molecule has 0 heterocycles. The third-order valence-electron chi connectivity index (χ3n) is 1.76. The summed E-state index contributed by atoms with van der Waals surface area (Å²) in [5.41, 5.74) is 0.736. The second-order valence-electron chi connectivity index (χ2n) is 3.25. The van der Waals surface area contributed by atoms with Crippen LogP contribution in [0.3, 0.4) is 0 Å². The minimum Gasteiger partial charge on any atom is -0.319 e. The van der Waals surface area contributed by atoms with Gasteiger partial charge in [-0.25, -0.2) is 4.39 Å². The van der Waals surface area contributed by atoms with Crippen molar-refractivity contribution in [3.63, 3.8) is 0 Å². The Morgan fingerprint density at radius 1 is 1.33 bits per heavy atom. The second kappa shape index (κ2) is 4.94. The maximum atomic E-state index is 13.2. The van der Waals surface area contributed by atoms with Gasteiger partial charge in [0, 0.05) is 0 Å². The number of allylic oxidation sites excluding steroid dienone is 1. The van der Waals surface area contributed by atoms with Gasteiger partial charge >= 0.3 is 0 Å². The number of carbonyl (C=O) groups is 1. The van der Waals surface area contributed by atoms with E-state index in [4.69, 9.17) is 11.6 Å². The lowest BCUT2D eigenvalue weighted by Crippen LogP contribution is -2.13. The highest BCUT2D eigenvalue weighted by Gasteiger charge is 2.11. The van der Waals surface area contributed by atoms with E-state index >= 15 is 0 Å². The molecule has 0 unspecified atom stereocenters. The topological polar surface area (TPSA) is 29.1 Å². The minimum atomic E-state index is -0.782. The van der Waals surface area contributed by atoms with Gasteiger partial charge in [0.25, 0.3) is 5.91 Å². The van der Waals surface area contributed by atoms with Crippen LogP contribution in [0.1, 0.15) is 13.8 Å². The lowest BCUT2D eigenvalue weighted by Gasteiger charge is -2.05. The molecule has 0 aliphatic carbocycles. The number of hydrogen-bond donors (Lipinski definition) is 1. The van der Waals surface area contributed by atoms with E-state index in [2.05, 4.69) is 5.32 Å². The quantitative estimate of drug-likeness (QED) is 0.770. The Morgan fingerprint density at radius 2 is 1.93 bits per heavy atom. The molecule has 80 valence electrons. The van der Waals surface area contributed by atoms with Crippen molar-refractivity contribution in [2.45, 2.75) is 13.8 Å². The van der Waals surface area contributed by atoms with Gasteiger partial charge in [-0.05, 0) is 31.6 Å². The highest BCUT2D eigenvalue weighted by molar-refractivity contribution is 6.33. The van der Waals surface area contributed by atoms with Crippen LogP contribution in [0.25, 0.3) is 0 Å². The molecule has 0 spiro atoms. The molecule has 1 N–H and O–H groups in total. The lowest BCUT2D eigenvalue weighted by atomic mass is 10.2. The molecule has 1 rings (SSSR count). The molecule has 0 aromatic heterocycles. The van der Waals surface area contributed by atoms with Crippen LogP contribution in [0.4, 0.5) is 10.1 Å². The Kier molecular flexibility index (Phi) is 3.86. The summed E-state index contributed by atoms with van der Waals surface area (Å²) in [6, 6.07) is 6.67. The van der Waals surface area contributed by atoms with Crippen molar-refractivity contribution in [2.24, 2.45) is 0 Å². The predicted molar refractivity (Wildman–Crippen MR) is 59.6 cm³/mol. The van der Waals surface area contributed by atoms with Crippen molar-refractivity contribution >= 4 is 23.2 Å². The van der Waals surface area contributed by atoms with E-state index in [1.165, 1.54) is 13.8 Å². The predicted octanol–water partition coefficient (Wildman–Crippen LogP) is 3.54. The summed E-state index contributed by atoms with van der Waals surface area (Å²) in [7, 11) is 0. The van der Waals surface area contributed by atoms with Crippen molar-refractivity contribution in [3.8, 4) is 0 Å². The number of amides is 1. The van der Waals surface area contributed by atoms with Gasteiger partial charge in [0.15, 0.2) is 5.83 Å². The molecule has 1 aromatic carbocycles. The van der Waals surface area contributed by atoms with Gasteiger partial charge in [-0.15, -0.1) is 0 Å². The molecule has 0 atom stereocenters. The highest BCUT2D eigenvalue weighted by atomic mass is 35.5. The first-order chi connectivity index (χ1) is 7.02. The van der Waals surface area contributed by atoms with Crippen molar-refractivity contribution in [2.75, 3.05) is 5.32 Å². The van der Waals surface area contributed by atoms with Crippen LogP contribution >= 0.6 is 11.6 Å². The largest absolute Gasteiger partial charge is 0.319 e. The summed E-state index contributed by atoms with van der Waals surface area (Å²) in [6.45, 7) is 3.06. The summed E-state index contributed by atoms with van der Waals surface area (Å²) in [5, 5.41) is 2.77. The maximum Gasteiger partial charge on any atom is 0.284 e. The fourth-order valence-electron chi connectivity index (χ4n) is 0.967. The molecule has 1 amide bonds. The first kappa shape index (κ1) is 11.7. The van der Waals surface area contributed by atoms with Crippen LogP contribution in [-0.4, -0.2) is 5.91 Å². The lowest BCUT2D eigenvalue weighted by molar-refractivity contribution is -0.114. The molecule has 0 saturated heterocycles. The molecule has 0 bridgehead atoms. The van der Waals surface area contributed by atoms with Crippen LogP contribution in [-0.2, 0) is 4.79 Å². The third kappa shape index (κ3) is 3.06. The molecular weight excluding hydrogens is 217 g/mol. The van der Waals surface area contributed by atoms with E-state index in [9.17, 15) is 9.18 Å². The standard InChI is InChI=1S/C11H11ClFNO/c1-7(2)10(13)11(15)14-9-6-4-3-5-8(9)12/h3-6H,1-2H3,(H,14,15). The smallest absolute Gasteiger partial charge is 0.284 e. The van der Waals surface area contributed by atoms with Gasteiger partial charge in [0.1, 0.15) is 0 Å². The number of rotatable bonds is 2. The summed E-state index contributed by atoms with van der Waals surface area (Å²) < 4.78 is 13.2. The molecule has 1 aromatic rings. The van der Waals surface area contributed by atoms with E-state index < -0.39 is 11.7 Å². The number of nitrogens with one attached hydrogen (secondary N) is 1. The van der Waals surface area contributed by atoms with E-state index in [0.29, 0.717) is 16.3 Å². The zero-order valence-electron chi connectivity index (χ0n) is 8.47. The van der Waals surface area contributed by atoms with Crippen molar-refractivity contribution in [1.29, 1.82) is 0 Å². The van der Waals surface area contributed by atoms with E-state index in [1.807, 2.05) is 0 Å². The molecule has 0 radical (unpaired) electrons. The highest BCUT2D eigenvalue weighted by Crippen LogP contribution is 2.21. The zero-order chi connectivity index (χ0) is 11.4. The minimum absolute atomic E-state index is 0.333. The molecule has 0 saturated carbocycles. The molecular formula is C11H11ClFNO. The van der Waals surface area contributed by atoms with E-state index in [-0.39, 0.29) is 0 Å². The number of anilines is 1. The van der Waals surface area contributed by atoms with Crippen molar-refractivity contribution < 1.29 is 9.18 Å². The van der Waals surface area contributed by atoms with Gasteiger partial charge in [-0.3, -0.25) is 4.79 Å². The molecule has 15 heavy (non-hydrogen) atoms. The summed E-state index contributed by atoms with van der Waals surface area (Å²) in [5.74, 6) is -1.56. The third-order valence-corrected chi connectivity index (χ3v) is 2.09. The van der Waals surface area contributed by atoms with Crippen molar-refractivity contribution in [1.82, 2.24) is 0 Å². The molecule has 4 heteroatoms.